The van der Waals surface area contributed by atoms with Crippen LogP contribution in [0.2, 0.25) is 0 Å². The normalized spacial score (nSPS) is 15.2. The third-order valence-electron chi connectivity index (χ3n) is 5.03. The van der Waals surface area contributed by atoms with Crippen LogP contribution in [-0.4, -0.2) is 68.5 Å². The Morgan fingerprint density at radius 2 is 1.66 bits per heavy atom. The molecule has 32 heavy (non-hydrogen) atoms. The Balaban J connectivity index is 1.55. The summed E-state index contributed by atoms with van der Waals surface area (Å²) in [6.45, 7) is 5.01. The molecule has 8 nitrogen and oxygen atoms in total. The summed E-state index contributed by atoms with van der Waals surface area (Å²) in [5, 5.41) is 5.64. The first-order valence-electron chi connectivity index (χ1n) is 10.4. The second-order valence-electron chi connectivity index (χ2n) is 7.51. The lowest BCUT2D eigenvalue weighted by Crippen LogP contribution is -2.46. The van der Waals surface area contributed by atoms with Gasteiger partial charge < -0.3 is 15.0 Å². The predicted molar refractivity (Wildman–Crippen MR) is 129 cm³/mol. The van der Waals surface area contributed by atoms with Gasteiger partial charge in [0.2, 0.25) is 10.0 Å². The number of benzene rings is 2. The number of ether oxygens (including phenoxy) is 1. The molecule has 0 bridgehead atoms. The number of anilines is 1. The van der Waals surface area contributed by atoms with Crippen molar-refractivity contribution in [2.24, 2.45) is 0 Å². The SMILES string of the molecule is CCCOc1ccc(C(=O)NC(=S)Nc2ccc(S(=O)(=O)N3CCN(C)CC3)cc2)cc1. The highest BCUT2D eigenvalue weighted by molar-refractivity contribution is 7.89. The van der Waals surface area contributed by atoms with Crippen LogP contribution in [0.25, 0.3) is 0 Å². The van der Waals surface area contributed by atoms with Crippen LogP contribution in [0.15, 0.2) is 53.4 Å². The molecule has 1 amide bonds. The molecule has 2 aromatic carbocycles. The van der Waals surface area contributed by atoms with Crippen LogP contribution in [0.5, 0.6) is 5.75 Å². The number of piperazine rings is 1. The van der Waals surface area contributed by atoms with Crippen molar-refractivity contribution < 1.29 is 17.9 Å². The maximum Gasteiger partial charge on any atom is 0.257 e. The van der Waals surface area contributed by atoms with Crippen LogP contribution in [0.3, 0.4) is 0 Å². The number of nitrogens with one attached hydrogen (secondary N) is 2. The van der Waals surface area contributed by atoms with Gasteiger partial charge in [0, 0.05) is 37.4 Å². The largest absolute Gasteiger partial charge is 0.494 e. The molecule has 1 aliphatic heterocycles. The predicted octanol–water partition coefficient (Wildman–Crippen LogP) is 2.54. The van der Waals surface area contributed by atoms with Gasteiger partial charge in [-0.15, -0.1) is 0 Å². The maximum atomic E-state index is 12.8. The Bertz CT molecular complexity index is 1030. The van der Waals surface area contributed by atoms with Gasteiger partial charge >= 0.3 is 0 Å². The Labute approximate surface area is 194 Å². The van der Waals surface area contributed by atoms with Gasteiger partial charge in [-0.25, -0.2) is 8.42 Å². The zero-order valence-corrected chi connectivity index (χ0v) is 19.8. The van der Waals surface area contributed by atoms with Gasteiger partial charge in [-0.3, -0.25) is 10.1 Å². The van der Waals surface area contributed by atoms with E-state index >= 15 is 0 Å². The maximum absolute atomic E-state index is 12.8. The number of hydrogen-bond acceptors (Lipinski definition) is 6. The minimum Gasteiger partial charge on any atom is -0.494 e. The number of amides is 1. The third kappa shape index (κ3) is 6.26. The molecule has 0 unspecified atom stereocenters. The van der Waals surface area contributed by atoms with E-state index in [-0.39, 0.29) is 15.9 Å². The molecular formula is C22H28N4O4S2. The smallest absolute Gasteiger partial charge is 0.257 e. The summed E-state index contributed by atoms with van der Waals surface area (Å²) in [7, 11) is -1.55. The second kappa shape index (κ2) is 10.9. The number of hydrogen-bond donors (Lipinski definition) is 2. The minimum atomic E-state index is -3.53. The average Bonchev–Trinajstić information content (AvgIpc) is 2.78. The van der Waals surface area contributed by atoms with Crippen molar-refractivity contribution in [3.05, 3.63) is 54.1 Å². The number of carbonyl (C=O) groups is 1. The Hall–Kier alpha value is -2.53. The summed E-state index contributed by atoms with van der Waals surface area (Å²) in [6, 6.07) is 13.1. The van der Waals surface area contributed by atoms with Gasteiger partial charge in [0.05, 0.1) is 11.5 Å². The van der Waals surface area contributed by atoms with Gasteiger partial charge in [-0.05, 0) is 74.2 Å². The molecule has 0 spiro atoms. The summed E-state index contributed by atoms with van der Waals surface area (Å²) < 4.78 is 32.6. The number of carbonyl (C=O) groups excluding carboxylic acids is 1. The zero-order valence-electron chi connectivity index (χ0n) is 18.2. The molecule has 3 rings (SSSR count). The van der Waals surface area contributed by atoms with E-state index in [1.807, 2.05) is 14.0 Å². The van der Waals surface area contributed by atoms with E-state index in [0.29, 0.717) is 49.8 Å². The topological polar surface area (TPSA) is 91.0 Å². The molecule has 0 saturated carbocycles. The van der Waals surface area contributed by atoms with E-state index in [9.17, 15) is 13.2 Å². The molecule has 1 saturated heterocycles. The van der Waals surface area contributed by atoms with E-state index in [1.54, 1.807) is 36.4 Å². The van der Waals surface area contributed by atoms with Crippen LogP contribution < -0.4 is 15.4 Å². The van der Waals surface area contributed by atoms with E-state index in [0.717, 1.165) is 6.42 Å². The molecule has 0 aromatic heterocycles. The number of nitrogens with zero attached hydrogens (tertiary/aromatic N) is 2. The van der Waals surface area contributed by atoms with Crippen LogP contribution in [0, 0.1) is 0 Å². The Kier molecular flexibility index (Phi) is 8.19. The van der Waals surface area contributed by atoms with Crippen LogP contribution in [-0.2, 0) is 10.0 Å². The van der Waals surface area contributed by atoms with E-state index < -0.39 is 10.0 Å². The number of likely N-dealkylation sites (N-methyl/N-ethyl adjacent to an activating group) is 1. The van der Waals surface area contributed by atoms with Crippen molar-refractivity contribution in [2.45, 2.75) is 18.2 Å². The highest BCUT2D eigenvalue weighted by atomic mass is 32.2. The highest BCUT2D eigenvalue weighted by Gasteiger charge is 2.27. The Morgan fingerprint density at radius 1 is 1.03 bits per heavy atom. The quantitative estimate of drug-likeness (QED) is 0.594. The summed E-state index contributed by atoms with van der Waals surface area (Å²) in [4.78, 5) is 14.7. The monoisotopic (exact) mass is 476 g/mol. The van der Waals surface area contributed by atoms with Gasteiger partial charge in [0.1, 0.15) is 5.75 Å². The fraction of sp³-hybridized carbons (Fsp3) is 0.364. The summed E-state index contributed by atoms with van der Waals surface area (Å²) in [5.74, 6) is 0.356. The lowest BCUT2D eigenvalue weighted by atomic mass is 10.2. The number of thiocarbonyl (C=S) groups is 1. The molecule has 1 heterocycles. The Morgan fingerprint density at radius 3 is 2.25 bits per heavy atom. The van der Waals surface area contributed by atoms with Crippen molar-refractivity contribution >= 4 is 38.9 Å². The zero-order chi connectivity index (χ0) is 23.1. The van der Waals surface area contributed by atoms with Crippen molar-refractivity contribution in [1.82, 2.24) is 14.5 Å². The molecule has 0 atom stereocenters. The standard InChI is InChI=1S/C22H28N4O4S2/c1-3-16-30-19-8-4-17(5-9-19)21(27)24-22(31)23-18-6-10-20(11-7-18)32(28,29)26-14-12-25(2)13-15-26/h4-11H,3,12-16H2,1-2H3,(H2,23,24,27,31). The summed E-state index contributed by atoms with van der Waals surface area (Å²) >= 11 is 5.22. The van der Waals surface area contributed by atoms with Gasteiger partial charge in [-0.1, -0.05) is 6.92 Å². The number of rotatable bonds is 7. The lowest BCUT2D eigenvalue weighted by molar-refractivity contribution is 0.0977. The van der Waals surface area contributed by atoms with Gasteiger partial charge in [0.25, 0.3) is 5.91 Å². The first kappa shape index (κ1) is 24.1. The van der Waals surface area contributed by atoms with E-state index in [1.165, 1.54) is 16.4 Å². The second-order valence-corrected chi connectivity index (χ2v) is 9.86. The molecule has 2 N–H and O–H groups in total. The average molecular weight is 477 g/mol. The van der Waals surface area contributed by atoms with E-state index in [4.69, 9.17) is 17.0 Å². The van der Waals surface area contributed by atoms with Crippen LogP contribution in [0.1, 0.15) is 23.7 Å². The van der Waals surface area contributed by atoms with Crippen molar-refractivity contribution in [3.63, 3.8) is 0 Å². The minimum absolute atomic E-state index is 0.121. The summed E-state index contributed by atoms with van der Waals surface area (Å²) in [6.07, 6.45) is 0.908. The summed E-state index contributed by atoms with van der Waals surface area (Å²) in [5.41, 5.74) is 1.03. The fourth-order valence-corrected chi connectivity index (χ4v) is 4.78. The van der Waals surface area contributed by atoms with Gasteiger partial charge in [-0.2, -0.15) is 4.31 Å². The van der Waals surface area contributed by atoms with E-state index in [2.05, 4.69) is 15.5 Å². The lowest BCUT2D eigenvalue weighted by Gasteiger charge is -2.31. The molecule has 10 heteroatoms. The van der Waals surface area contributed by atoms with Crippen molar-refractivity contribution in [1.29, 1.82) is 0 Å². The molecule has 1 fully saturated rings. The van der Waals surface area contributed by atoms with Crippen LogP contribution >= 0.6 is 12.2 Å². The molecule has 2 aromatic rings. The molecule has 1 aliphatic rings. The molecular weight excluding hydrogens is 448 g/mol. The molecule has 172 valence electrons. The van der Waals surface area contributed by atoms with Crippen molar-refractivity contribution in [3.8, 4) is 5.75 Å². The number of sulfonamides is 1. The first-order chi connectivity index (χ1) is 15.3. The molecule has 0 radical (unpaired) electrons. The fourth-order valence-electron chi connectivity index (χ4n) is 3.15. The van der Waals surface area contributed by atoms with Crippen LogP contribution in [0.4, 0.5) is 5.69 Å². The van der Waals surface area contributed by atoms with Gasteiger partial charge in [0.15, 0.2) is 5.11 Å². The molecule has 0 aliphatic carbocycles. The first-order valence-corrected chi connectivity index (χ1v) is 12.3. The highest BCUT2D eigenvalue weighted by Crippen LogP contribution is 2.20. The van der Waals surface area contributed by atoms with Crippen molar-refractivity contribution in [2.75, 3.05) is 45.2 Å². The third-order valence-corrected chi connectivity index (χ3v) is 7.15.